The predicted molar refractivity (Wildman–Crippen MR) is 95.4 cm³/mol. The van der Waals surface area contributed by atoms with Crippen LogP contribution in [-0.4, -0.2) is 21.6 Å². The van der Waals surface area contributed by atoms with E-state index in [1.165, 1.54) is 17.7 Å². The fourth-order valence-electron chi connectivity index (χ4n) is 2.70. The molecule has 0 aromatic carbocycles. The molecule has 0 N–H and O–H groups in total. The van der Waals surface area contributed by atoms with Crippen LogP contribution in [0.15, 0.2) is 47.2 Å². The number of rotatable bonds is 2. The van der Waals surface area contributed by atoms with Crippen molar-refractivity contribution < 1.29 is 4.74 Å². The van der Waals surface area contributed by atoms with Crippen LogP contribution in [0.2, 0.25) is 0 Å². The highest BCUT2D eigenvalue weighted by molar-refractivity contribution is 7.25. The number of fused-ring (bicyclic) bond motifs is 3. The van der Waals surface area contributed by atoms with Gasteiger partial charge in [0, 0.05) is 11.6 Å². The van der Waals surface area contributed by atoms with Crippen LogP contribution in [0.5, 0.6) is 5.88 Å². The minimum Gasteiger partial charge on any atom is -0.480 e. The zero-order chi connectivity index (χ0) is 16.7. The summed E-state index contributed by atoms with van der Waals surface area (Å²) >= 11 is 1.35. The van der Waals surface area contributed by atoms with Gasteiger partial charge in [-0.2, -0.15) is 0 Å². The van der Waals surface area contributed by atoms with E-state index in [2.05, 4.69) is 21.8 Å². The van der Waals surface area contributed by atoms with Crippen LogP contribution in [0, 0.1) is 11.8 Å². The lowest BCUT2D eigenvalue weighted by atomic mass is 10.2. The van der Waals surface area contributed by atoms with Gasteiger partial charge in [0.1, 0.15) is 21.9 Å². The zero-order valence-electron chi connectivity index (χ0n) is 13.1. The Hall–Kier alpha value is -2.91. The van der Waals surface area contributed by atoms with Crippen molar-refractivity contribution in [3.05, 3.63) is 52.7 Å². The van der Waals surface area contributed by atoms with Crippen molar-refractivity contribution in [2.45, 2.75) is 13.0 Å². The summed E-state index contributed by atoms with van der Waals surface area (Å²) in [6.45, 7) is 1.98. The van der Waals surface area contributed by atoms with Gasteiger partial charge in [-0.25, -0.2) is 9.97 Å². The van der Waals surface area contributed by atoms with Gasteiger partial charge in [-0.15, -0.1) is 11.3 Å². The average Bonchev–Trinajstić information content (AvgIpc) is 2.85. The zero-order valence-corrected chi connectivity index (χ0v) is 13.9. The normalized spacial score (nSPS) is 16.6. The number of nitrogens with zero attached hydrogens (tertiary/aromatic N) is 3. The number of thiophene rings is 1. The first-order valence-corrected chi connectivity index (χ1v) is 8.19. The van der Waals surface area contributed by atoms with Crippen molar-refractivity contribution >= 4 is 31.6 Å². The number of methoxy groups -OCH3 is 1. The van der Waals surface area contributed by atoms with E-state index in [4.69, 9.17) is 4.74 Å². The summed E-state index contributed by atoms with van der Waals surface area (Å²) in [5.74, 6) is 6.57. The van der Waals surface area contributed by atoms with Gasteiger partial charge < -0.3 is 4.74 Å². The average molecular weight is 335 g/mol. The molecular formula is C18H13N3O2S. The number of aromatic nitrogens is 3. The molecule has 0 saturated carbocycles. The molecule has 1 atom stereocenters. The van der Waals surface area contributed by atoms with Gasteiger partial charge in [0.25, 0.3) is 5.56 Å². The van der Waals surface area contributed by atoms with E-state index in [0.29, 0.717) is 10.6 Å². The quantitative estimate of drug-likeness (QED) is 0.675. The second kappa shape index (κ2) is 5.62. The maximum Gasteiger partial charge on any atom is 0.269 e. The van der Waals surface area contributed by atoms with Crippen LogP contribution in [0.4, 0.5) is 0 Å². The third-order valence-corrected chi connectivity index (χ3v) is 4.99. The Morgan fingerprint density at radius 3 is 3.08 bits per heavy atom. The van der Waals surface area contributed by atoms with Crippen molar-refractivity contribution in [2.75, 3.05) is 7.11 Å². The number of hydrogen-bond donors (Lipinski definition) is 0. The molecule has 3 aromatic rings. The molecule has 24 heavy (non-hydrogen) atoms. The summed E-state index contributed by atoms with van der Waals surface area (Å²) in [5.41, 5.74) is 0.988. The molecule has 1 aliphatic carbocycles. The molecule has 5 nitrogen and oxygen atoms in total. The fourth-order valence-corrected chi connectivity index (χ4v) is 3.77. The molecule has 0 aliphatic heterocycles. The number of hydrogen-bond acceptors (Lipinski definition) is 5. The third-order valence-electron chi connectivity index (χ3n) is 3.89. The van der Waals surface area contributed by atoms with Gasteiger partial charge >= 0.3 is 0 Å². The molecule has 3 aromatic heterocycles. The first-order valence-electron chi connectivity index (χ1n) is 7.37. The second-order valence-corrected chi connectivity index (χ2v) is 6.42. The predicted octanol–water partition coefficient (Wildman–Crippen LogP) is 3.08. The minimum absolute atomic E-state index is 0.0824. The molecule has 0 bridgehead atoms. The molecule has 0 fully saturated rings. The van der Waals surface area contributed by atoms with Crippen LogP contribution >= 0.6 is 11.3 Å². The highest BCUT2D eigenvalue weighted by Crippen LogP contribution is 2.35. The maximum atomic E-state index is 13.0. The molecule has 0 amide bonds. The van der Waals surface area contributed by atoms with E-state index < -0.39 is 0 Å². The smallest absolute Gasteiger partial charge is 0.269 e. The molecule has 6 heteroatoms. The van der Waals surface area contributed by atoms with Gasteiger partial charge in [-0.3, -0.25) is 9.36 Å². The lowest BCUT2D eigenvalue weighted by Crippen LogP contribution is -2.21. The molecule has 0 spiro atoms. The minimum atomic E-state index is -0.284. The molecule has 118 valence electrons. The van der Waals surface area contributed by atoms with Crippen LogP contribution < -0.4 is 10.3 Å². The summed E-state index contributed by atoms with van der Waals surface area (Å²) in [6, 6.07) is 1.62. The standard InChI is InChI=1S/C18H13N3O2S/c1-11-4-3-5-12(7-6-11)21-9-8-13-14-16(23-2)19-10-20-17(14)24-15(13)18(21)22/h4,6-10,12H,1-2H3. The fraction of sp³-hybridized carbons (Fsp3) is 0.167. The highest BCUT2D eigenvalue weighted by atomic mass is 32.1. The Labute approximate surface area is 141 Å². The van der Waals surface area contributed by atoms with E-state index in [-0.39, 0.29) is 11.6 Å². The van der Waals surface area contributed by atoms with Crippen molar-refractivity contribution in [3.8, 4) is 17.7 Å². The lowest BCUT2D eigenvalue weighted by molar-refractivity contribution is 0.403. The Kier molecular flexibility index (Phi) is 3.44. The van der Waals surface area contributed by atoms with Crippen LogP contribution in [0.1, 0.15) is 13.0 Å². The molecule has 3 heterocycles. The molecule has 0 radical (unpaired) electrons. The Morgan fingerprint density at radius 1 is 1.38 bits per heavy atom. The maximum absolute atomic E-state index is 13.0. The van der Waals surface area contributed by atoms with Crippen molar-refractivity contribution in [2.24, 2.45) is 0 Å². The first kappa shape index (κ1) is 14.7. The van der Waals surface area contributed by atoms with Crippen molar-refractivity contribution in [3.63, 3.8) is 0 Å². The van der Waals surface area contributed by atoms with Gasteiger partial charge in [0.05, 0.1) is 12.5 Å². The second-order valence-electron chi connectivity index (χ2n) is 5.42. The van der Waals surface area contributed by atoms with E-state index >= 15 is 0 Å². The molecule has 1 unspecified atom stereocenters. The van der Waals surface area contributed by atoms with Crippen LogP contribution in [0.25, 0.3) is 20.3 Å². The van der Waals surface area contributed by atoms with E-state index in [9.17, 15) is 4.79 Å². The van der Waals surface area contributed by atoms with Gasteiger partial charge in [0.15, 0.2) is 0 Å². The highest BCUT2D eigenvalue weighted by Gasteiger charge is 2.17. The van der Waals surface area contributed by atoms with Gasteiger partial charge in [-0.05, 0) is 30.7 Å². The van der Waals surface area contributed by atoms with Gasteiger partial charge in [0.2, 0.25) is 5.88 Å². The number of allylic oxidation sites excluding steroid dienone is 4. The SMILES string of the molecule is COc1ncnc2sc3c(=O)n(C4C#CC=C(C)C=C4)ccc3c12. The largest absolute Gasteiger partial charge is 0.480 e. The molecular weight excluding hydrogens is 322 g/mol. The topological polar surface area (TPSA) is 57.0 Å². The third kappa shape index (κ3) is 2.22. The lowest BCUT2D eigenvalue weighted by Gasteiger charge is -2.09. The Balaban J connectivity index is 1.96. The number of ether oxygens (including phenoxy) is 1. The monoisotopic (exact) mass is 335 g/mol. The Bertz CT molecular complexity index is 1140. The van der Waals surface area contributed by atoms with Crippen molar-refractivity contribution in [1.82, 2.24) is 14.5 Å². The summed E-state index contributed by atoms with van der Waals surface area (Å²) in [4.78, 5) is 22.1. The summed E-state index contributed by atoms with van der Waals surface area (Å²) < 4.78 is 7.60. The van der Waals surface area contributed by atoms with E-state index in [1.54, 1.807) is 17.9 Å². The van der Waals surface area contributed by atoms with E-state index in [1.807, 2.05) is 31.2 Å². The Morgan fingerprint density at radius 2 is 2.25 bits per heavy atom. The van der Waals surface area contributed by atoms with E-state index in [0.717, 1.165) is 21.2 Å². The molecule has 1 aliphatic rings. The summed E-state index contributed by atoms with van der Waals surface area (Å²) in [7, 11) is 1.56. The van der Waals surface area contributed by atoms with Crippen LogP contribution in [0.3, 0.4) is 0 Å². The molecule has 0 saturated heterocycles. The summed E-state index contributed by atoms with van der Waals surface area (Å²) in [6.07, 6.45) is 8.97. The molecule has 4 rings (SSSR count). The first-order chi connectivity index (χ1) is 11.7. The van der Waals surface area contributed by atoms with Crippen molar-refractivity contribution in [1.29, 1.82) is 0 Å². The van der Waals surface area contributed by atoms with Gasteiger partial charge in [-0.1, -0.05) is 17.9 Å². The number of pyridine rings is 1. The summed E-state index contributed by atoms with van der Waals surface area (Å²) in [5, 5.41) is 1.60. The van der Waals surface area contributed by atoms with Crippen LogP contribution in [-0.2, 0) is 0 Å².